The van der Waals surface area contributed by atoms with Crippen LogP contribution < -0.4 is 0 Å². The van der Waals surface area contributed by atoms with Gasteiger partial charge in [-0.25, -0.2) is 0 Å². The molecule has 0 spiro atoms. The molecule has 1 aromatic carbocycles. The van der Waals surface area contributed by atoms with Gasteiger partial charge in [0.2, 0.25) is 5.91 Å². The fourth-order valence-corrected chi connectivity index (χ4v) is 2.10. The van der Waals surface area contributed by atoms with Crippen LogP contribution in [0.2, 0.25) is 0 Å². The Labute approximate surface area is 128 Å². The van der Waals surface area contributed by atoms with Gasteiger partial charge >= 0.3 is 0 Å². The van der Waals surface area contributed by atoms with E-state index >= 15 is 0 Å². The zero-order valence-electron chi connectivity index (χ0n) is 10.9. The first kappa shape index (κ1) is 16.4. The van der Waals surface area contributed by atoms with Crippen molar-refractivity contribution >= 4 is 46.3 Å². The number of nitrogens with zero attached hydrogens (tertiary/aromatic N) is 1. The largest absolute Gasteiger partial charge is 0.342 e. The molecule has 2 nitrogen and oxygen atoms in total. The molecule has 0 fully saturated rings. The maximum absolute atomic E-state index is 11.2. The van der Waals surface area contributed by atoms with E-state index in [-0.39, 0.29) is 12.3 Å². The number of hydrogen-bond acceptors (Lipinski definition) is 1. The summed E-state index contributed by atoms with van der Waals surface area (Å²) >= 11 is 17.3. The van der Waals surface area contributed by atoms with Crippen molar-refractivity contribution < 1.29 is 4.79 Å². The van der Waals surface area contributed by atoms with Crippen LogP contribution in [0.1, 0.15) is 24.5 Å². The Bertz CT molecular complexity index is 480. The molecule has 0 aliphatic carbocycles. The topological polar surface area (TPSA) is 20.3 Å². The van der Waals surface area contributed by atoms with Gasteiger partial charge in [-0.1, -0.05) is 59.6 Å². The number of halogens is 3. The molecule has 1 rings (SSSR count). The van der Waals surface area contributed by atoms with Crippen molar-refractivity contribution in [3.05, 3.63) is 42.0 Å². The number of allylic oxidation sites excluding steroid dienone is 1. The van der Waals surface area contributed by atoms with Crippen LogP contribution in [0.3, 0.4) is 0 Å². The average Bonchev–Trinajstić information content (AvgIpc) is 2.27. The van der Waals surface area contributed by atoms with Gasteiger partial charge in [0.1, 0.15) is 0 Å². The highest BCUT2D eigenvalue weighted by Gasteiger charge is 2.21. The summed E-state index contributed by atoms with van der Waals surface area (Å²) in [7, 11) is 1.76. The van der Waals surface area contributed by atoms with Gasteiger partial charge in [0, 0.05) is 26.9 Å². The summed E-state index contributed by atoms with van der Waals surface area (Å²) in [5.74, 6) is 0.0190. The summed E-state index contributed by atoms with van der Waals surface area (Å²) in [6.07, 6.45) is 0.268. The molecule has 0 saturated heterocycles. The third-order valence-corrected chi connectivity index (χ3v) is 3.11. The molecular formula is C14H16Cl3NO. The third kappa shape index (κ3) is 5.85. The molecule has 0 aliphatic heterocycles. The molecule has 0 heterocycles. The molecule has 0 saturated carbocycles. The highest BCUT2D eigenvalue weighted by atomic mass is 35.6. The Hall–Kier alpha value is -0.700. The number of benzene rings is 1. The molecule has 1 amide bonds. The van der Waals surface area contributed by atoms with E-state index in [4.69, 9.17) is 34.8 Å². The predicted molar refractivity (Wildman–Crippen MR) is 82.5 cm³/mol. The van der Waals surface area contributed by atoms with Crippen LogP contribution in [0.15, 0.2) is 30.8 Å². The number of hydrogen-bond donors (Lipinski definition) is 0. The lowest BCUT2D eigenvalue weighted by Gasteiger charge is -2.17. The molecule has 104 valence electrons. The molecular weight excluding hydrogens is 305 g/mol. The molecule has 0 bridgehead atoms. The molecule has 5 heteroatoms. The van der Waals surface area contributed by atoms with Gasteiger partial charge < -0.3 is 4.90 Å². The molecule has 0 unspecified atom stereocenters. The monoisotopic (exact) mass is 319 g/mol. The van der Waals surface area contributed by atoms with E-state index in [2.05, 4.69) is 6.58 Å². The van der Waals surface area contributed by atoms with E-state index in [1.54, 1.807) is 11.9 Å². The van der Waals surface area contributed by atoms with Crippen molar-refractivity contribution in [1.29, 1.82) is 0 Å². The van der Waals surface area contributed by atoms with Gasteiger partial charge in [-0.05, 0) is 22.8 Å². The van der Waals surface area contributed by atoms with Crippen molar-refractivity contribution in [3.8, 4) is 0 Å². The van der Waals surface area contributed by atoms with Crippen LogP contribution in [0.25, 0.3) is 5.57 Å². The van der Waals surface area contributed by atoms with E-state index < -0.39 is 3.79 Å². The van der Waals surface area contributed by atoms with Gasteiger partial charge in [-0.15, -0.1) is 0 Å². The number of carbonyl (C=O) groups excluding carboxylic acids is 1. The lowest BCUT2D eigenvalue weighted by molar-refractivity contribution is -0.128. The zero-order valence-corrected chi connectivity index (χ0v) is 13.2. The second kappa shape index (κ2) is 6.65. The van der Waals surface area contributed by atoms with Crippen molar-refractivity contribution in [1.82, 2.24) is 4.90 Å². The quantitative estimate of drug-likeness (QED) is 0.751. The average molecular weight is 321 g/mol. The van der Waals surface area contributed by atoms with Crippen LogP contribution in [0, 0.1) is 0 Å². The maximum atomic E-state index is 11.2. The van der Waals surface area contributed by atoms with Crippen molar-refractivity contribution in [2.24, 2.45) is 0 Å². The van der Waals surface area contributed by atoms with Crippen molar-refractivity contribution in [2.75, 3.05) is 7.05 Å². The fourth-order valence-electron chi connectivity index (χ4n) is 1.62. The second-order valence-electron chi connectivity index (χ2n) is 4.47. The van der Waals surface area contributed by atoms with E-state index in [0.717, 1.165) is 16.7 Å². The number of rotatable bonds is 4. The molecule has 0 aromatic heterocycles. The lowest BCUT2D eigenvalue weighted by atomic mass is 10.0. The van der Waals surface area contributed by atoms with Crippen LogP contribution in [-0.2, 0) is 11.3 Å². The molecule has 1 aromatic rings. The Morgan fingerprint density at radius 1 is 1.37 bits per heavy atom. The lowest BCUT2D eigenvalue weighted by Crippen LogP contribution is -2.23. The normalized spacial score (nSPS) is 11.2. The summed E-state index contributed by atoms with van der Waals surface area (Å²) in [6, 6.07) is 7.72. The summed E-state index contributed by atoms with van der Waals surface area (Å²) in [5.41, 5.74) is 2.69. The first-order chi connectivity index (χ1) is 8.69. The Morgan fingerprint density at radius 3 is 2.53 bits per heavy atom. The number of alkyl halides is 3. The van der Waals surface area contributed by atoms with E-state index in [0.29, 0.717) is 6.54 Å². The second-order valence-corrected chi connectivity index (χ2v) is 6.99. The fraction of sp³-hybridized carbons (Fsp3) is 0.357. The van der Waals surface area contributed by atoms with Crippen molar-refractivity contribution in [2.45, 2.75) is 23.7 Å². The highest BCUT2D eigenvalue weighted by molar-refractivity contribution is 6.67. The van der Waals surface area contributed by atoms with Gasteiger partial charge in [0.05, 0.1) is 0 Å². The smallest absolute Gasteiger partial charge is 0.219 e. The minimum absolute atomic E-state index is 0.0190. The summed E-state index contributed by atoms with van der Waals surface area (Å²) in [5, 5.41) is 0. The van der Waals surface area contributed by atoms with Crippen LogP contribution >= 0.6 is 34.8 Å². The van der Waals surface area contributed by atoms with E-state index in [1.165, 1.54) is 6.92 Å². The van der Waals surface area contributed by atoms with Gasteiger partial charge in [0.25, 0.3) is 0 Å². The van der Waals surface area contributed by atoms with Crippen LogP contribution in [0.4, 0.5) is 0 Å². The molecule has 19 heavy (non-hydrogen) atoms. The van der Waals surface area contributed by atoms with Crippen molar-refractivity contribution in [3.63, 3.8) is 0 Å². The van der Waals surface area contributed by atoms with Crippen LogP contribution in [-0.4, -0.2) is 21.6 Å². The molecule has 0 atom stereocenters. The van der Waals surface area contributed by atoms with Gasteiger partial charge in [-0.2, -0.15) is 0 Å². The first-order valence-electron chi connectivity index (χ1n) is 5.74. The summed E-state index contributed by atoms with van der Waals surface area (Å²) < 4.78 is -1.34. The maximum Gasteiger partial charge on any atom is 0.219 e. The van der Waals surface area contributed by atoms with E-state index in [1.807, 2.05) is 24.3 Å². The van der Waals surface area contributed by atoms with E-state index in [9.17, 15) is 4.79 Å². The van der Waals surface area contributed by atoms with Gasteiger partial charge in [0.15, 0.2) is 3.79 Å². The molecule has 0 aliphatic rings. The minimum Gasteiger partial charge on any atom is -0.342 e. The Balaban J connectivity index is 2.82. The minimum atomic E-state index is -1.34. The van der Waals surface area contributed by atoms with Gasteiger partial charge in [-0.3, -0.25) is 4.79 Å². The Morgan fingerprint density at radius 2 is 2.00 bits per heavy atom. The molecule has 0 N–H and O–H groups in total. The predicted octanol–water partition coefficient (Wildman–Crippen LogP) is 4.44. The zero-order chi connectivity index (χ0) is 14.6. The number of carbonyl (C=O) groups is 1. The standard InChI is InChI=1S/C14H16Cl3NO/c1-10(8-14(15,16)17)13-6-4-5-12(7-13)9-18(3)11(2)19/h4-7H,1,8-9H2,2-3H3. The summed E-state index contributed by atoms with van der Waals surface area (Å²) in [6.45, 7) is 6.01. The Kier molecular flexibility index (Phi) is 5.72. The summed E-state index contributed by atoms with van der Waals surface area (Å²) in [4.78, 5) is 12.8. The third-order valence-electron chi connectivity index (χ3n) is 2.71. The first-order valence-corrected chi connectivity index (χ1v) is 6.88. The highest BCUT2D eigenvalue weighted by Crippen LogP contribution is 2.36. The SMILES string of the molecule is C=C(CC(Cl)(Cl)Cl)c1cccc(CN(C)C(C)=O)c1. The number of amides is 1. The van der Waals surface area contributed by atoms with Crippen LogP contribution in [0.5, 0.6) is 0 Å². The molecule has 0 radical (unpaired) electrons.